The Morgan fingerprint density at radius 1 is 1.32 bits per heavy atom. The quantitative estimate of drug-likeness (QED) is 0.832. The standard InChI is InChI=1S/C18H26N6O/c1-14(2)18-21-8-10-24(18)15-5-4-9-23(12-15)17(25)13-22(3)16-11-19-6-7-20-16/h6-8,10-11,14-15H,4-5,9,12-13H2,1-3H3/t15-/m0/s1. The Bertz CT molecular complexity index is 699. The summed E-state index contributed by atoms with van der Waals surface area (Å²) in [7, 11) is 1.87. The fraction of sp³-hybridized carbons (Fsp3) is 0.556. The van der Waals surface area contributed by atoms with E-state index in [4.69, 9.17) is 0 Å². The molecule has 1 fully saturated rings. The van der Waals surface area contributed by atoms with Gasteiger partial charge in [0, 0.05) is 50.8 Å². The summed E-state index contributed by atoms with van der Waals surface area (Å²) in [6, 6.07) is 0.305. The van der Waals surface area contributed by atoms with Crippen molar-refractivity contribution in [2.45, 2.75) is 38.6 Å². The molecule has 1 saturated heterocycles. The molecule has 1 aliphatic heterocycles. The Morgan fingerprint density at radius 3 is 2.88 bits per heavy atom. The van der Waals surface area contributed by atoms with Crippen LogP contribution < -0.4 is 4.90 Å². The minimum Gasteiger partial charge on any atom is -0.349 e. The largest absolute Gasteiger partial charge is 0.349 e. The molecule has 134 valence electrons. The van der Waals surface area contributed by atoms with Gasteiger partial charge < -0.3 is 14.4 Å². The van der Waals surface area contributed by atoms with E-state index < -0.39 is 0 Å². The van der Waals surface area contributed by atoms with Gasteiger partial charge in [-0.3, -0.25) is 9.78 Å². The highest BCUT2D eigenvalue weighted by atomic mass is 16.2. The van der Waals surface area contributed by atoms with Crippen LogP contribution in [0.2, 0.25) is 0 Å². The van der Waals surface area contributed by atoms with Crippen LogP contribution in [0.3, 0.4) is 0 Å². The predicted molar refractivity (Wildman–Crippen MR) is 96.5 cm³/mol. The van der Waals surface area contributed by atoms with E-state index in [-0.39, 0.29) is 5.91 Å². The Labute approximate surface area is 148 Å². The molecular weight excluding hydrogens is 316 g/mol. The molecular formula is C18H26N6O. The summed E-state index contributed by atoms with van der Waals surface area (Å²) >= 11 is 0. The SMILES string of the molecule is CC(C)c1nccn1[C@H]1CCCN(C(=O)CN(C)c2cnccn2)C1. The van der Waals surface area contributed by atoms with Gasteiger partial charge in [0.2, 0.25) is 5.91 Å². The van der Waals surface area contributed by atoms with E-state index in [0.717, 1.165) is 31.8 Å². The number of hydrogen-bond donors (Lipinski definition) is 0. The van der Waals surface area contributed by atoms with Crippen LogP contribution in [0, 0.1) is 0 Å². The molecule has 2 aromatic heterocycles. The molecule has 0 bridgehead atoms. The van der Waals surface area contributed by atoms with Gasteiger partial charge in [-0.2, -0.15) is 0 Å². The summed E-state index contributed by atoms with van der Waals surface area (Å²) in [5.74, 6) is 2.31. The summed E-state index contributed by atoms with van der Waals surface area (Å²) < 4.78 is 2.25. The van der Waals surface area contributed by atoms with E-state index in [1.165, 1.54) is 0 Å². The van der Waals surface area contributed by atoms with Crippen molar-refractivity contribution in [1.29, 1.82) is 0 Å². The number of aromatic nitrogens is 4. The van der Waals surface area contributed by atoms with Gasteiger partial charge in [-0.1, -0.05) is 13.8 Å². The van der Waals surface area contributed by atoms with Crippen LogP contribution in [0.5, 0.6) is 0 Å². The van der Waals surface area contributed by atoms with Crippen LogP contribution in [-0.4, -0.2) is 57.0 Å². The molecule has 1 amide bonds. The van der Waals surface area contributed by atoms with Gasteiger partial charge in [0.05, 0.1) is 18.8 Å². The van der Waals surface area contributed by atoms with E-state index in [0.29, 0.717) is 24.3 Å². The second-order valence-corrected chi connectivity index (χ2v) is 6.90. The van der Waals surface area contributed by atoms with Gasteiger partial charge in [0.15, 0.2) is 0 Å². The highest BCUT2D eigenvalue weighted by Gasteiger charge is 2.27. The smallest absolute Gasteiger partial charge is 0.242 e. The van der Waals surface area contributed by atoms with Crippen LogP contribution in [0.1, 0.15) is 44.5 Å². The maximum absolute atomic E-state index is 12.7. The van der Waals surface area contributed by atoms with Gasteiger partial charge in [0.1, 0.15) is 11.6 Å². The number of nitrogens with zero attached hydrogens (tertiary/aromatic N) is 6. The van der Waals surface area contributed by atoms with Gasteiger partial charge in [0.25, 0.3) is 0 Å². The van der Waals surface area contributed by atoms with Crippen LogP contribution >= 0.6 is 0 Å². The number of carbonyl (C=O) groups is 1. The first kappa shape index (κ1) is 17.4. The second kappa shape index (κ2) is 7.63. The predicted octanol–water partition coefficient (Wildman–Crippen LogP) is 2.10. The van der Waals surface area contributed by atoms with Crippen molar-refractivity contribution in [1.82, 2.24) is 24.4 Å². The molecule has 2 aromatic rings. The molecule has 1 aliphatic rings. The number of hydrogen-bond acceptors (Lipinski definition) is 5. The lowest BCUT2D eigenvalue weighted by molar-refractivity contribution is -0.131. The fourth-order valence-electron chi connectivity index (χ4n) is 3.36. The molecule has 7 nitrogen and oxygen atoms in total. The number of rotatable bonds is 5. The molecule has 0 aromatic carbocycles. The molecule has 0 spiro atoms. The van der Waals surface area contributed by atoms with Crippen molar-refractivity contribution >= 4 is 11.7 Å². The van der Waals surface area contributed by atoms with Gasteiger partial charge >= 0.3 is 0 Å². The Hall–Kier alpha value is -2.44. The van der Waals surface area contributed by atoms with Crippen LogP contribution in [0.4, 0.5) is 5.82 Å². The number of amides is 1. The molecule has 0 saturated carbocycles. The number of piperidine rings is 1. The molecule has 0 aliphatic carbocycles. The first-order valence-electron chi connectivity index (χ1n) is 8.84. The minimum atomic E-state index is 0.129. The van der Waals surface area contributed by atoms with Gasteiger partial charge in [-0.25, -0.2) is 9.97 Å². The normalized spacial score (nSPS) is 17.8. The lowest BCUT2D eigenvalue weighted by Crippen LogP contribution is -2.45. The lowest BCUT2D eigenvalue weighted by Gasteiger charge is -2.35. The van der Waals surface area contributed by atoms with Crippen molar-refractivity contribution in [3.63, 3.8) is 0 Å². The number of imidazole rings is 1. The zero-order valence-corrected chi connectivity index (χ0v) is 15.2. The molecule has 3 heterocycles. The molecule has 0 radical (unpaired) electrons. The summed E-state index contributed by atoms with van der Waals surface area (Å²) in [6.07, 6.45) is 10.9. The monoisotopic (exact) mass is 342 g/mol. The van der Waals surface area contributed by atoms with Crippen LogP contribution in [0.25, 0.3) is 0 Å². The average molecular weight is 342 g/mol. The maximum Gasteiger partial charge on any atom is 0.242 e. The Balaban J connectivity index is 1.65. The lowest BCUT2D eigenvalue weighted by atomic mass is 10.0. The third-order valence-corrected chi connectivity index (χ3v) is 4.67. The first-order valence-corrected chi connectivity index (χ1v) is 8.84. The topological polar surface area (TPSA) is 67.2 Å². The molecule has 1 atom stereocenters. The fourth-order valence-corrected chi connectivity index (χ4v) is 3.36. The zero-order chi connectivity index (χ0) is 17.8. The minimum absolute atomic E-state index is 0.129. The third kappa shape index (κ3) is 3.97. The van der Waals surface area contributed by atoms with E-state index in [2.05, 4.69) is 33.4 Å². The van der Waals surface area contributed by atoms with Crippen molar-refractivity contribution in [3.05, 3.63) is 36.8 Å². The van der Waals surface area contributed by atoms with E-state index in [1.807, 2.05) is 29.2 Å². The molecule has 25 heavy (non-hydrogen) atoms. The first-order chi connectivity index (χ1) is 12.1. The highest BCUT2D eigenvalue weighted by molar-refractivity contribution is 5.81. The van der Waals surface area contributed by atoms with E-state index in [1.54, 1.807) is 18.6 Å². The third-order valence-electron chi connectivity index (χ3n) is 4.67. The average Bonchev–Trinajstić information content (AvgIpc) is 3.12. The zero-order valence-electron chi connectivity index (χ0n) is 15.2. The van der Waals surface area contributed by atoms with Gasteiger partial charge in [-0.05, 0) is 12.8 Å². The Morgan fingerprint density at radius 2 is 2.16 bits per heavy atom. The number of anilines is 1. The van der Waals surface area contributed by atoms with E-state index in [9.17, 15) is 4.79 Å². The van der Waals surface area contributed by atoms with Crippen molar-refractivity contribution in [2.75, 3.05) is 31.6 Å². The summed E-state index contributed by atoms with van der Waals surface area (Å²) in [4.78, 5) is 29.3. The molecule has 0 unspecified atom stereocenters. The number of likely N-dealkylation sites (N-methyl/N-ethyl adjacent to an activating group) is 1. The van der Waals surface area contributed by atoms with Crippen LogP contribution in [-0.2, 0) is 4.79 Å². The molecule has 7 heteroatoms. The van der Waals surface area contributed by atoms with Crippen molar-refractivity contribution < 1.29 is 4.79 Å². The van der Waals surface area contributed by atoms with Crippen LogP contribution in [0.15, 0.2) is 31.0 Å². The Kier molecular flexibility index (Phi) is 5.31. The molecule has 0 N–H and O–H groups in total. The van der Waals surface area contributed by atoms with E-state index >= 15 is 0 Å². The summed E-state index contributed by atoms with van der Waals surface area (Å²) in [6.45, 7) is 6.17. The van der Waals surface area contributed by atoms with Crippen molar-refractivity contribution in [2.24, 2.45) is 0 Å². The summed E-state index contributed by atoms with van der Waals surface area (Å²) in [5, 5.41) is 0. The maximum atomic E-state index is 12.7. The second-order valence-electron chi connectivity index (χ2n) is 6.90. The summed E-state index contributed by atoms with van der Waals surface area (Å²) in [5.41, 5.74) is 0. The highest BCUT2D eigenvalue weighted by Crippen LogP contribution is 2.25. The number of carbonyl (C=O) groups excluding carboxylic acids is 1. The van der Waals surface area contributed by atoms with Crippen molar-refractivity contribution in [3.8, 4) is 0 Å². The molecule has 3 rings (SSSR count). The van der Waals surface area contributed by atoms with Gasteiger partial charge in [-0.15, -0.1) is 0 Å². The number of likely N-dealkylation sites (tertiary alicyclic amines) is 1.